The second-order valence-electron chi connectivity index (χ2n) is 6.89. The summed E-state index contributed by atoms with van der Waals surface area (Å²) in [6.07, 6.45) is 0.479. The molecule has 1 fully saturated rings. The van der Waals surface area contributed by atoms with Gasteiger partial charge in [0.25, 0.3) is 0 Å². The first-order valence-corrected chi connectivity index (χ1v) is 9.85. The Morgan fingerprint density at radius 3 is 2.74 bits per heavy atom. The molecule has 0 radical (unpaired) electrons. The number of nitrogens with zero attached hydrogens (tertiary/aromatic N) is 1. The molecule has 2 heterocycles. The molecule has 146 valence electrons. The third kappa shape index (κ3) is 5.59. The van der Waals surface area contributed by atoms with E-state index in [9.17, 15) is 19.4 Å². The molecule has 1 aliphatic rings. The minimum atomic E-state index is -0.696. The van der Waals surface area contributed by atoms with Gasteiger partial charge in [0.15, 0.2) is 5.78 Å². The Morgan fingerprint density at radius 1 is 1.33 bits per heavy atom. The summed E-state index contributed by atoms with van der Waals surface area (Å²) in [7, 11) is 0. The van der Waals surface area contributed by atoms with E-state index < -0.39 is 11.9 Å². The van der Waals surface area contributed by atoms with Gasteiger partial charge in [-0.15, -0.1) is 11.3 Å². The molecule has 0 aliphatic carbocycles. The molecule has 1 atom stereocenters. The number of thiophene rings is 1. The van der Waals surface area contributed by atoms with Crippen molar-refractivity contribution in [1.82, 2.24) is 4.90 Å². The van der Waals surface area contributed by atoms with E-state index in [1.54, 1.807) is 18.2 Å². The van der Waals surface area contributed by atoms with Crippen molar-refractivity contribution in [3.05, 3.63) is 41.0 Å². The van der Waals surface area contributed by atoms with Crippen LogP contribution in [-0.4, -0.2) is 59.3 Å². The lowest BCUT2D eigenvalue weighted by molar-refractivity contribution is 0.0337. The number of ether oxygens (including phenoxy) is 1. The number of likely N-dealkylation sites (tertiary alicyclic amines) is 1. The third-order valence-electron chi connectivity index (χ3n) is 4.58. The van der Waals surface area contributed by atoms with Gasteiger partial charge >= 0.3 is 0 Å². The van der Waals surface area contributed by atoms with Gasteiger partial charge in [0.05, 0.1) is 11.0 Å². The van der Waals surface area contributed by atoms with E-state index in [0.717, 1.165) is 18.0 Å². The van der Waals surface area contributed by atoms with Crippen molar-refractivity contribution in [2.45, 2.75) is 32.0 Å². The Bertz CT molecular complexity index is 786. The van der Waals surface area contributed by atoms with Crippen molar-refractivity contribution in [2.75, 3.05) is 26.2 Å². The highest BCUT2D eigenvalue weighted by molar-refractivity contribution is 7.17. The molecule has 0 spiro atoms. The topological polar surface area (TPSA) is 70.0 Å². The van der Waals surface area contributed by atoms with Gasteiger partial charge in [0.1, 0.15) is 24.3 Å². The number of β-amino-alcohol motifs (C(OH)–C–C–N with tert-alkyl or cyclic N) is 1. The fourth-order valence-electron chi connectivity index (χ4n) is 3.12. The number of hydrogen-bond donors (Lipinski definition) is 2. The molecule has 7 heteroatoms. The minimum Gasteiger partial charge on any atom is -0.491 e. The Kier molecular flexibility index (Phi) is 6.59. The van der Waals surface area contributed by atoms with Gasteiger partial charge in [0.2, 0.25) is 0 Å². The van der Waals surface area contributed by atoms with E-state index in [2.05, 4.69) is 4.90 Å². The highest BCUT2D eigenvalue weighted by Crippen LogP contribution is 2.31. The molecule has 2 N–H and O–H groups in total. The van der Waals surface area contributed by atoms with Crippen molar-refractivity contribution in [3.63, 3.8) is 0 Å². The summed E-state index contributed by atoms with van der Waals surface area (Å²) in [5.41, 5.74) is 0.641. The summed E-state index contributed by atoms with van der Waals surface area (Å²) in [4.78, 5) is 15.0. The summed E-state index contributed by atoms with van der Waals surface area (Å²) in [5, 5.41) is 19.7. The predicted molar refractivity (Wildman–Crippen MR) is 103 cm³/mol. The Hall–Kier alpha value is -1.80. The number of carbonyl (C=O) groups is 1. The number of piperidine rings is 1. The van der Waals surface area contributed by atoms with E-state index in [1.165, 1.54) is 30.4 Å². The number of carbonyl (C=O) groups excluding carboxylic acids is 1. The van der Waals surface area contributed by atoms with Crippen LogP contribution in [0.1, 0.15) is 29.4 Å². The lowest BCUT2D eigenvalue weighted by Crippen LogP contribution is -2.41. The van der Waals surface area contributed by atoms with Crippen LogP contribution in [-0.2, 0) is 0 Å². The number of aliphatic hydroxyl groups excluding tert-OH is 2. The SMILES string of the molecule is CC(=O)c1ccc(-c2cc(F)cc(OCC(O)CN3CCC(O)CC3)c2)s1. The minimum absolute atomic E-state index is 0.0209. The van der Waals surface area contributed by atoms with Crippen molar-refractivity contribution >= 4 is 17.1 Å². The Balaban J connectivity index is 1.59. The van der Waals surface area contributed by atoms with E-state index in [4.69, 9.17) is 4.74 Å². The first kappa shape index (κ1) is 19.9. The monoisotopic (exact) mass is 393 g/mol. The van der Waals surface area contributed by atoms with E-state index in [0.29, 0.717) is 35.6 Å². The summed E-state index contributed by atoms with van der Waals surface area (Å²) >= 11 is 1.31. The van der Waals surface area contributed by atoms with Crippen molar-refractivity contribution in [3.8, 4) is 16.2 Å². The molecular weight excluding hydrogens is 369 g/mol. The standard InChI is InChI=1S/C20H24FNO4S/c1-13(23)19-2-3-20(27-19)14-8-15(21)10-18(9-14)26-12-17(25)11-22-6-4-16(24)5-7-22/h2-3,8-10,16-17,24-25H,4-7,11-12H2,1H3. The van der Waals surface area contributed by atoms with Crippen LogP contribution in [0.25, 0.3) is 10.4 Å². The quantitative estimate of drug-likeness (QED) is 0.708. The fraction of sp³-hybridized carbons (Fsp3) is 0.450. The average Bonchev–Trinajstić information content (AvgIpc) is 3.12. The molecule has 0 saturated carbocycles. The fourth-order valence-corrected chi connectivity index (χ4v) is 4.00. The number of hydrogen-bond acceptors (Lipinski definition) is 6. The zero-order valence-electron chi connectivity index (χ0n) is 15.2. The third-order valence-corrected chi connectivity index (χ3v) is 5.81. The number of Topliss-reactive ketones (excluding diaryl/α,β-unsaturated/α-hetero) is 1. The molecule has 3 rings (SSSR count). The van der Waals surface area contributed by atoms with Crippen LogP contribution in [0.15, 0.2) is 30.3 Å². The summed E-state index contributed by atoms with van der Waals surface area (Å²) in [6, 6.07) is 7.92. The maximum atomic E-state index is 14.0. The Morgan fingerprint density at radius 2 is 2.07 bits per heavy atom. The van der Waals surface area contributed by atoms with Crippen LogP contribution >= 0.6 is 11.3 Å². The molecule has 5 nitrogen and oxygen atoms in total. The van der Waals surface area contributed by atoms with Gasteiger partial charge in [-0.25, -0.2) is 4.39 Å². The number of halogens is 1. The highest BCUT2D eigenvalue weighted by atomic mass is 32.1. The number of rotatable bonds is 7. The molecule has 2 aromatic rings. The van der Waals surface area contributed by atoms with Gasteiger partial charge < -0.3 is 19.8 Å². The number of aliphatic hydroxyl groups is 2. The van der Waals surface area contributed by atoms with E-state index in [1.807, 2.05) is 0 Å². The van der Waals surface area contributed by atoms with Gasteiger partial charge in [-0.05, 0) is 49.6 Å². The summed E-state index contributed by atoms with van der Waals surface area (Å²) in [5.74, 6) is -0.108. The Labute approximate surface area is 162 Å². The normalized spacial score (nSPS) is 17.0. The second-order valence-corrected chi connectivity index (χ2v) is 7.98. The predicted octanol–water partition coefficient (Wildman–Crippen LogP) is 2.95. The molecular formula is C20H24FNO4S. The average molecular weight is 393 g/mol. The number of benzene rings is 1. The van der Waals surface area contributed by atoms with E-state index in [-0.39, 0.29) is 18.5 Å². The highest BCUT2D eigenvalue weighted by Gasteiger charge is 2.19. The lowest BCUT2D eigenvalue weighted by atomic mass is 10.1. The largest absolute Gasteiger partial charge is 0.491 e. The second kappa shape index (κ2) is 8.93. The summed E-state index contributed by atoms with van der Waals surface area (Å²) < 4.78 is 19.6. The first-order chi connectivity index (χ1) is 12.9. The van der Waals surface area contributed by atoms with Crippen molar-refractivity contribution < 1.29 is 24.1 Å². The van der Waals surface area contributed by atoms with Gasteiger partial charge in [0, 0.05) is 30.6 Å². The van der Waals surface area contributed by atoms with E-state index >= 15 is 0 Å². The molecule has 1 unspecified atom stereocenters. The van der Waals surface area contributed by atoms with Gasteiger partial charge in [-0.3, -0.25) is 4.79 Å². The molecule has 1 aromatic heterocycles. The van der Waals surface area contributed by atoms with Gasteiger partial charge in [-0.1, -0.05) is 0 Å². The first-order valence-electron chi connectivity index (χ1n) is 9.03. The van der Waals surface area contributed by atoms with Crippen molar-refractivity contribution in [2.24, 2.45) is 0 Å². The maximum Gasteiger partial charge on any atom is 0.169 e. The van der Waals surface area contributed by atoms with Crippen LogP contribution < -0.4 is 4.74 Å². The van der Waals surface area contributed by atoms with Gasteiger partial charge in [-0.2, -0.15) is 0 Å². The number of ketones is 1. The van der Waals surface area contributed by atoms with Crippen LogP contribution in [0, 0.1) is 5.82 Å². The molecule has 0 amide bonds. The maximum absolute atomic E-state index is 14.0. The molecule has 1 aliphatic heterocycles. The van der Waals surface area contributed by atoms with Crippen LogP contribution in [0.3, 0.4) is 0 Å². The molecule has 27 heavy (non-hydrogen) atoms. The smallest absolute Gasteiger partial charge is 0.169 e. The molecule has 0 bridgehead atoms. The molecule has 1 saturated heterocycles. The van der Waals surface area contributed by atoms with Crippen LogP contribution in [0.5, 0.6) is 5.75 Å². The van der Waals surface area contributed by atoms with Crippen LogP contribution in [0.2, 0.25) is 0 Å². The van der Waals surface area contributed by atoms with Crippen molar-refractivity contribution in [1.29, 1.82) is 0 Å². The zero-order chi connectivity index (χ0) is 19.4. The zero-order valence-corrected chi connectivity index (χ0v) is 16.0. The van der Waals surface area contributed by atoms with Crippen LogP contribution in [0.4, 0.5) is 4.39 Å². The lowest BCUT2D eigenvalue weighted by Gasteiger charge is -2.30. The summed E-state index contributed by atoms with van der Waals surface area (Å²) in [6.45, 7) is 3.52. The molecule has 1 aromatic carbocycles.